The van der Waals surface area contributed by atoms with Gasteiger partial charge in [-0.25, -0.2) is 4.39 Å². The third-order valence-corrected chi connectivity index (χ3v) is 4.95. The molecule has 0 fully saturated rings. The predicted molar refractivity (Wildman–Crippen MR) is 111 cm³/mol. The standard InChI is InChI=1S/C22H18ClFN4/c1-13-9-16(11-26-28-13)15-7-8-20(24)18(10-15)14(2)27-22-17-5-3-4-6-21(17)25-12-19(22)23/h3-12,14H,1-2H3,(H,25,27). The maximum Gasteiger partial charge on any atom is 0.128 e. The van der Waals surface area contributed by atoms with Crippen molar-refractivity contribution in [2.24, 2.45) is 0 Å². The van der Waals surface area contributed by atoms with Gasteiger partial charge in [-0.1, -0.05) is 35.9 Å². The monoisotopic (exact) mass is 392 g/mol. The van der Waals surface area contributed by atoms with Crippen LogP contribution in [0.25, 0.3) is 22.0 Å². The lowest BCUT2D eigenvalue weighted by Gasteiger charge is -2.19. The fourth-order valence-corrected chi connectivity index (χ4v) is 3.45. The molecule has 1 unspecified atom stereocenters. The van der Waals surface area contributed by atoms with Crippen molar-refractivity contribution in [2.45, 2.75) is 19.9 Å². The van der Waals surface area contributed by atoms with Gasteiger partial charge in [0.2, 0.25) is 0 Å². The average Bonchev–Trinajstić information content (AvgIpc) is 2.70. The number of nitrogens with one attached hydrogen (secondary N) is 1. The lowest BCUT2D eigenvalue weighted by atomic mass is 10.00. The second-order valence-electron chi connectivity index (χ2n) is 6.69. The summed E-state index contributed by atoms with van der Waals surface area (Å²) in [6, 6.07) is 14.4. The van der Waals surface area contributed by atoms with Gasteiger partial charge in [0.15, 0.2) is 0 Å². The maximum atomic E-state index is 14.6. The molecule has 0 amide bonds. The summed E-state index contributed by atoms with van der Waals surface area (Å²) < 4.78 is 14.6. The van der Waals surface area contributed by atoms with E-state index in [1.807, 2.05) is 50.2 Å². The van der Waals surface area contributed by atoms with Crippen LogP contribution in [0.5, 0.6) is 0 Å². The van der Waals surface area contributed by atoms with Gasteiger partial charge in [0.05, 0.1) is 34.2 Å². The van der Waals surface area contributed by atoms with E-state index in [0.717, 1.165) is 33.4 Å². The Bertz CT molecular complexity index is 1160. The Labute approximate surface area is 167 Å². The first-order valence-electron chi connectivity index (χ1n) is 8.92. The molecule has 0 aliphatic carbocycles. The Morgan fingerprint density at radius 2 is 1.86 bits per heavy atom. The third-order valence-electron chi connectivity index (χ3n) is 4.66. The van der Waals surface area contributed by atoms with Crippen LogP contribution in [0.15, 0.2) is 60.9 Å². The third kappa shape index (κ3) is 3.53. The van der Waals surface area contributed by atoms with Crippen molar-refractivity contribution in [1.82, 2.24) is 15.2 Å². The minimum Gasteiger partial charge on any atom is -0.377 e. The number of nitrogens with zero attached hydrogens (tertiary/aromatic N) is 3. The van der Waals surface area contributed by atoms with E-state index in [0.29, 0.717) is 10.6 Å². The minimum atomic E-state index is -0.306. The van der Waals surface area contributed by atoms with E-state index in [1.165, 1.54) is 6.07 Å². The van der Waals surface area contributed by atoms with Crippen LogP contribution in [-0.4, -0.2) is 15.2 Å². The molecule has 4 nitrogen and oxygen atoms in total. The Morgan fingerprint density at radius 3 is 2.68 bits per heavy atom. The highest BCUT2D eigenvalue weighted by Gasteiger charge is 2.16. The van der Waals surface area contributed by atoms with Crippen LogP contribution < -0.4 is 5.32 Å². The Balaban J connectivity index is 1.72. The summed E-state index contributed by atoms with van der Waals surface area (Å²) in [4.78, 5) is 4.34. The molecule has 1 atom stereocenters. The van der Waals surface area contributed by atoms with E-state index in [2.05, 4.69) is 20.5 Å². The zero-order valence-electron chi connectivity index (χ0n) is 15.4. The van der Waals surface area contributed by atoms with Gasteiger partial charge in [0.1, 0.15) is 5.82 Å². The number of halogens is 2. The Hall–Kier alpha value is -3.05. The molecule has 0 saturated heterocycles. The maximum absolute atomic E-state index is 14.6. The van der Waals surface area contributed by atoms with Crippen molar-refractivity contribution in [3.05, 3.63) is 83.0 Å². The number of benzene rings is 2. The molecule has 140 valence electrons. The molecule has 1 N–H and O–H groups in total. The van der Waals surface area contributed by atoms with Gasteiger partial charge in [0, 0.05) is 22.7 Å². The molecule has 0 spiro atoms. The predicted octanol–water partition coefficient (Wildman–Crippen LogP) is 5.97. The first-order chi connectivity index (χ1) is 13.5. The van der Waals surface area contributed by atoms with Crippen LogP contribution in [0, 0.1) is 12.7 Å². The molecule has 0 bridgehead atoms. The molecule has 0 aliphatic heterocycles. The molecule has 0 radical (unpaired) electrons. The van der Waals surface area contributed by atoms with E-state index in [4.69, 9.17) is 11.6 Å². The largest absolute Gasteiger partial charge is 0.377 e. The van der Waals surface area contributed by atoms with E-state index in [-0.39, 0.29) is 11.9 Å². The van der Waals surface area contributed by atoms with Gasteiger partial charge < -0.3 is 5.32 Å². The summed E-state index contributed by atoms with van der Waals surface area (Å²) in [6.45, 7) is 3.78. The van der Waals surface area contributed by atoms with Crippen molar-refractivity contribution in [3.8, 4) is 11.1 Å². The second-order valence-corrected chi connectivity index (χ2v) is 7.09. The van der Waals surface area contributed by atoms with Crippen molar-refractivity contribution in [1.29, 1.82) is 0 Å². The molecule has 28 heavy (non-hydrogen) atoms. The van der Waals surface area contributed by atoms with Crippen LogP contribution in [0.1, 0.15) is 24.2 Å². The number of anilines is 1. The van der Waals surface area contributed by atoms with Crippen LogP contribution >= 0.6 is 11.6 Å². The smallest absolute Gasteiger partial charge is 0.128 e. The minimum absolute atomic E-state index is 0.281. The summed E-state index contributed by atoms with van der Waals surface area (Å²) >= 11 is 6.39. The number of hydrogen-bond acceptors (Lipinski definition) is 4. The van der Waals surface area contributed by atoms with Crippen LogP contribution in [-0.2, 0) is 0 Å². The molecule has 0 saturated carbocycles. The highest BCUT2D eigenvalue weighted by molar-refractivity contribution is 6.34. The van der Waals surface area contributed by atoms with Gasteiger partial charge in [-0.3, -0.25) is 4.98 Å². The van der Waals surface area contributed by atoms with Crippen molar-refractivity contribution >= 4 is 28.2 Å². The van der Waals surface area contributed by atoms with Gasteiger partial charge >= 0.3 is 0 Å². The highest BCUT2D eigenvalue weighted by atomic mass is 35.5. The molecule has 4 rings (SSSR count). The molecule has 2 aromatic carbocycles. The van der Waals surface area contributed by atoms with Gasteiger partial charge in [0.25, 0.3) is 0 Å². The average molecular weight is 393 g/mol. The summed E-state index contributed by atoms with van der Waals surface area (Å²) in [5.41, 5.74) is 4.70. The first-order valence-corrected chi connectivity index (χ1v) is 9.29. The second kappa shape index (κ2) is 7.52. The Kier molecular flexibility index (Phi) is 4.92. The zero-order chi connectivity index (χ0) is 19.7. The topological polar surface area (TPSA) is 50.7 Å². The molecule has 0 aliphatic rings. The van der Waals surface area contributed by atoms with Crippen molar-refractivity contribution in [3.63, 3.8) is 0 Å². The summed E-state index contributed by atoms with van der Waals surface area (Å²) in [5, 5.41) is 12.7. The summed E-state index contributed by atoms with van der Waals surface area (Å²) in [5.74, 6) is -0.281. The summed E-state index contributed by atoms with van der Waals surface area (Å²) in [6.07, 6.45) is 3.28. The number of hydrogen-bond donors (Lipinski definition) is 1. The highest BCUT2D eigenvalue weighted by Crippen LogP contribution is 2.34. The zero-order valence-corrected chi connectivity index (χ0v) is 16.2. The number of aryl methyl sites for hydroxylation is 1. The van der Waals surface area contributed by atoms with Gasteiger partial charge in [-0.15, -0.1) is 0 Å². The van der Waals surface area contributed by atoms with Crippen LogP contribution in [0.3, 0.4) is 0 Å². The van der Waals surface area contributed by atoms with E-state index in [1.54, 1.807) is 18.5 Å². The van der Waals surface area contributed by atoms with E-state index >= 15 is 0 Å². The van der Waals surface area contributed by atoms with Crippen molar-refractivity contribution in [2.75, 3.05) is 5.32 Å². The number of para-hydroxylation sites is 1. The van der Waals surface area contributed by atoms with Crippen molar-refractivity contribution < 1.29 is 4.39 Å². The molecule has 6 heteroatoms. The number of pyridine rings is 1. The summed E-state index contributed by atoms with van der Waals surface area (Å²) in [7, 11) is 0. The lowest BCUT2D eigenvalue weighted by molar-refractivity contribution is 0.600. The molecular weight excluding hydrogens is 375 g/mol. The normalized spacial score (nSPS) is 12.1. The Morgan fingerprint density at radius 1 is 1.04 bits per heavy atom. The van der Waals surface area contributed by atoms with Gasteiger partial charge in [-0.05, 0) is 43.7 Å². The van der Waals surface area contributed by atoms with Gasteiger partial charge in [-0.2, -0.15) is 10.2 Å². The van der Waals surface area contributed by atoms with E-state index in [9.17, 15) is 4.39 Å². The fourth-order valence-electron chi connectivity index (χ4n) is 3.24. The van der Waals surface area contributed by atoms with E-state index < -0.39 is 0 Å². The molecule has 2 aromatic heterocycles. The SMILES string of the molecule is Cc1cc(-c2ccc(F)c(C(C)Nc3c(Cl)cnc4ccccc34)c2)cnn1. The fraction of sp³-hybridized carbons (Fsp3) is 0.136. The molecular formula is C22H18ClFN4. The van der Waals surface area contributed by atoms with Crippen LogP contribution in [0.4, 0.5) is 10.1 Å². The first kappa shape index (κ1) is 18.3. The lowest BCUT2D eigenvalue weighted by Crippen LogP contribution is -2.10. The number of fused-ring (bicyclic) bond motifs is 1. The molecule has 4 aromatic rings. The number of rotatable bonds is 4. The number of aromatic nitrogens is 3. The van der Waals surface area contributed by atoms with Crippen LogP contribution in [0.2, 0.25) is 5.02 Å². The quantitative estimate of drug-likeness (QED) is 0.465. The molecule has 2 heterocycles.